The van der Waals surface area contributed by atoms with Gasteiger partial charge >= 0.3 is 5.69 Å². The molecule has 0 heterocycles. The lowest BCUT2D eigenvalue weighted by atomic mass is 10.2. The summed E-state index contributed by atoms with van der Waals surface area (Å²) >= 11 is 12.6. The van der Waals surface area contributed by atoms with Gasteiger partial charge in [-0.3, -0.25) is 10.1 Å². The summed E-state index contributed by atoms with van der Waals surface area (Å²) < 4.78 is 6.35. The zero-order valence-corrected chi connectivity index (χ0v) is 13.9. The van der Waals surface area contributed by atoms with Gasteiger partial charge in [0.25, 0.3) is 0 Å². The SMILES string of the molecule is O=[N+]([O-])c1cc(CBr)ccc1Oc1ccc(Br)cc1Cl. The number of nitro groups is 1. The minimum atomic E-state index is -0.478. The predicted molar refractivity (Wildman–Crippen MR) is 85.0 cm³/mol. The van der Waals surface area contributed by atoms with E-state index in [1.807, 2.05) is 0 Å². The molecule has 0 amide bonds. The number of nitrogens with zero attached hydrogens (tertiary/aromatic N) is 1. The van der Waals surface area contributed by atoms with Crippen molar-refractivity contribution in [2.45, 2.75) is 5.33 Å². The normalized spacial score (nSPS) is 10.3. The Morgan fingerprint density at radius 2 is 1.90 bits per heavy atom. The second-order valence-corrected chi connectivity index (χ2v) is 5.75. The lowest BCUT2D eigenvalue weighted by Gasteiger charge is -2.09. The molecule has 0 aliphatic carbocycles. The van der Waals surface area contributed by atoms with Crippen LogP contribution in [0.15, 0.2) is 40.9 Å². The highest BCUT2D eigenvalue weighted by Gasteiger charge is 2.17. The van der Waals surface area contributed by atoms with Gasteiger partial charge in [-0.05, 0) is 29.8 Å². The van der Waals surface area contributed by atoms with E-state index < -0.39 is 4.92 Å². The van der Waals surface area contributed by atoms with E-state index >= 15 is 0 Å². The maximum Gasteiger partial charge on any atom is 0.311 e. The molecule has 0 unspecified atom stereocenters. The molecule has 0 fully saturated rings. The van der Waals surface area contributed by atoms with Crippen molar-refractivity contribution in [3.05, 3.63) is 61.6 Å². The summed E-state index contributed by atoms with van der Waals surface area (Å²) in [5.74, 6) is 0.522. The lowest BCUT2D eigenvalue weighted by Crippen LogP contribution is -1.95. The molecule has 0 radical (unpaired) electrons. The predicted octanol–water partition coefficient (Wildman–Crippen LogP) is 5.70. The summed E-state index contributed by atoms with van der Waals surface area (Å²) in [6.45, 7) is 0. The van der Waals surface area contributed by atoms with Gasteiger partial charge in [-0.25, -0.2) is 0 Å². The fraction of sp³-hybridized carbons (Fsp3) is 0.0769. The van der Waals surface area contributed by atoms with Crippen LogP contribution in [0.25, 0.3) is 0 Å². The number of benzene rings is 2. The van der Waals surface area contributed by atoms with Crippen LogP contribution in [0.2, 0.25) is 5.02 Å². The van der Waals surface area contributed by atoms with Crippen LogP contribution in [0.5, 0.6) is 11.5 Å². The number of ether oxygens (including phenoxy) is 1. The smallest absolute Gasteiger partial charge is 0.311 e. The van der Waals surface area contributed by atoms with E-state index in [0.717, 1.165) is 10.0 Å². The molecule has 0 bridgehead atoms. The second-order valence-electron chi connectivity index (χ2n) is 3.87. The fourth-order valence-corrected chi connectivity index (χ4v) is 2.61. The zero-order valence-electron chi connectivity index (χ0n) is 9.98. The molecule has 20 heavy (non-hydrogen) atoms. The Morgan fingerprint density at radius 3 is 2.50 bits per heavy atom. The van der Waals surface area contributed by atoms with Crippen LogP contribution in [-0.4, -0.2) is 4.92 Å². The number of halogens is 3. The van der Waals surface area contributed by atoms with Crippen LogP contribution in [0.3, 0.4) is 0 Å². The molecule has 0 spiro atoms. The molecule has 2 aromatic rings. The van der Waals surface area contributed by atoms with Gasteiger partial charge in [0.1, 0.15) is 5.75 Å². The zero-order chi connectivity index (χ0) is 14.7. The highest BCUT2D eigenvalue weighted by Crippen LogP contribution is 2.36. The van der Waals surface area contributed by atoms with Gasteiger partial charge in [-0.2, -0.15) is 0 Å². The summed E-state index contributed by atoms with van der Waals surface area (Å²) in [6, 6.07) is 9.85. The number of nitro benzene ring substituents is 1. The third kappa shape index (κ3) is 3.50. The molecule has 4 nitrogen and oxygen atoms in total. The minimum Gasteiger partial charge on any atom is -0.449 e. The standard InChI is InChI=1S/C13H8Br2ClNO3/c14-7-8-1-3-13(11(5-8)17(18)19)20-12-4-2-9(15)6-10(12)16/h1-6H,7H2. The Labute approximate surface area is 137 Å². The van der Waals surface area contributed by atoms with Gasteiger partial charge in [0.15, 0.2) is 0 Å². The first kappa shape index (κ1) is 15.3. The minimum absolute atomic E-state index is 0.0964. The second kappa shape index (κ2) is 6.56. The van der Waals surface area contributed by atoms with E-state index in [1.54, 1.807) is 30.3 Å². The van der Waals surface area contributed by atoms with E-state index in [1.165, 1.54) is 6.07 Å². The molecule has 0 aliphatic heterocycles. The van der Waals surface area contributed by atoms with Gasteiger partial charge in [0.2, 0.25) is 5.75 Å². The van der Waals surface area contributed by atoms with Gasteiger partial charge in [0, 0.05) is 15.9 Å². The van der Waals surface area contributed by atoms with E-state index in [0.29, 0.717) is 16.1 Å². The molecule has 7 heteroatoms. The number of alkyl halides is 1. The van der Waals surface area contributed by atoms with Crippen molar-refractivity contribution in [2.24, 2.45) is 0 Å². The maximum atomic E-state index is 11.1. The highest BCUT2D eigenvalue weighted by molar-refractivity contribution is 9.10. The van der Waals surface area contributed by atoms with E-state index in [-0.39, 0.29) is 11.4 Å². The fourth-order valence-electron chi connectivity index (χ4n) is 1.55. The Bertz CT molecular complexity index is 664. The van der Waals surface area contributed by atoms with Gasteiger partial charge in [0.05, 0.1) is 9.95 Å². The van der Waals surface area contributed by atoms with Crippen molar-refractivity contribution in [3.8, 4) is 11.5 Å². The third-order valence-corrected chi connectivity index (χ3v) is 3.92. The van der Waals surface area contributed by atoms with Crippen molar-refractivity contribution >= 4 is 49.1 Å². The van der Waals surface area contributed by atoms with Crippen molar-refractivity contribution in [3.63, 3.8) is 0 Å². The molecule has 0 saturated carbocycles. The van der Waals surface area contributed by atoms with Crippen LogP contribution in [0.4, 0.5) is 5.69 Å². The quantitative estimate of drug-likeness (QED) is 0.362. The summed E-state index contributed by atoms with van der Waals surface area (Å²) in [7, 11) is 0. The van der Waals surface area contributed by atoms with Crippen LogP contribution in [0, 0.1) is 10.1 Å². The summed E-state index contributed by atoms with van der Waals surface area (Å²) in [4.78, 5) is 10.6. The molecule has 0 atom stereocenters. The summed E-state index contributed by atoms with van der Waals surface area (Å²) in [6.07, 6.45) is 0. The maximum absolute atomic E-state index is 11.1. The first-order chi connectivity index (χ1) is 9.51. The van der Waals surface area contributed by atoms with Crippen LogP contribution in [0.1, 0.15) is 5.56 Å². The molecular weight excluding hydrogens is 413 g/mol. The monoisotopic (exact) mass is 419 g/mol. The van der Waals surface area contributed by atoms with Crippen LogP contribution >= 0.6 is 43.5 Å². The van der Waals surface area contributed by atoms with Crippen molar-refractivity contribution in [1.82, 2.24) is 0 Å². The molecule has 104 valence electrons. The van der Waals surface area contributed by atoms with Crippen LogP contribution < -0.4 is 4.74 Å². The molecule has 0 aliphatic rings. The van der Waals surface area contributed by atoms with Gasteiger partial charge < -0.3 is 4.74 Å². The highest BCUT2D eigenvalue weighted by atomic mass is 79.9. The number of hydrogen-bond acceptors (Lipinski definition) is 3. The van der Waals surface area contributed by atoms with Crippen molar-refractivity contribution in [1.29, 1.82) is 0 Å². The first-order valence-electron chi connectivity index (χ1n) is 5.47. The Hall–Kier alpha value is -1.11. The van der Waals surface area contributed by atoms with Gasteiger partial charge in [-0.15, -0.1) is 0 Å². The lowest BCUT2D eigenvalue weighted by molar-refractivity contribution is -0.385. The topological polar surface area (TPSA) is 52.4 Å². The molecular formula is C13H8Br2ClNO3. The number of hydrogen-bond donors (Lipinski definition) is 0. The van der Waals surface area contributed by atoms with Crippen molar-refractivity contribution < 1.29 is 9.66 Å². The Balaban J connectivity index is 2.40. The van der Waals surface area contributed by atoms with Crippen molar-refractivity contribution in [2.75, 3.05) is 0 Å². The molecule has 0 saturated heterocycles. The van der Waals surface area contributed by atoms with E-state index in [4.69, 9.17) is 16.3 Å². The average Bonchev–Trinajstić information content (AvgIpc) is 2.42. The Morgan fingerprint density at radius 1 is 1.20 bits per heavy atom. The largest absolute Gasteiger partial charge is 0.449 e. The molecule has 0 aromatic heterocycles. The summed E-state index contributed by atoms with van der Waals surface area (Å²) in [5.41, 5.74) is 0.701. The van der Waals surface area contributed by atoms with E-state index in [2.05, 4.69) is 31.9 Å². The molecule has 2 aromatic carbocycles. The van der Waals surface area contributed by atoms with E-state index in [9.17, 15) is 10.1 Å². The van der Waals surface area contributed by atoms with Crippen LogP contribution in [-0.2, 0) is 5.33 Å². The average molecular weight is 421 g/mol. The Kier molecular flexibility index (Phi) is 5.01. The third-order valence-electron chi connectivity index (χ3n) is 2.49. The number of rotatable bonds is 4. The molecule has 0 N–H and O–H groups in total. The molecule has 2 rings (SSSR count). The van der Waals surface area contributed by atoms with Gasteiger partial charge in [-0.1, -0.05) is 49.5 Å². The first-order valence-corrected chi connectivity index (χ1v) is 7.76. The summed E-state index contributed by atoms with van der Waals surface area (Å²) in [5, 5.41) is 12.0.